The van der Waals surface area contributed by atoms with E-state index in [1.807, 2.05) is 48.5 Å². The van der Waals surface area contributed by atoms with Crippen LogP contribution in [0.15, 0.2) is 77.7 Å². The molecule has 2 aliphatic rings. The molecular weight excluding hydrogens is 480 g/mol. The Morgan fingerprint density at radius 2 is 1.78 bits per heavy atom. The number of rotatable bonds is 7. The predicted octanol–water partition coefficient (Wildman–Crippen LogP) is 4.71. The van der Waals surface area contributed by atoms with Crippen molar-refractivity contribution in [2.24, 2.45) is 0 Å². The average Bonchev–Trinajstić information content (AvgIpc) is 3.15. The minimum Gasteiger partial charge on any atom is -0.489 e. The molecule has 0 spiro atoms. The molecule has 5 rings (SSSR count). The summed E-state index contributed by atoms with van der Waals surface area (Å²) >= 11 is 0.801. The number of benzene rings is 3. The van der Waals surface area contributed by atoms with Gasteiger partial charge in [-0.25, -0.2) is 0 Å². The summed E-state index contributed by atoms with van der Waals surface area (Å²) in [5.74, 6) is 0.767. The van der Waals surface area contributed by atoms with Gasteiger partial charge in [0.15, 0.2) is 11.5 Å². The van der Waals surface area contributed by atoms with Gasteiger partial charge < -0.3 is 19.5 Å². The molecule has 0 atom stereocenters. The monoisotopic (exact) mass is 502 g/mol. The van der Waals surface area contributed by atoms with E-state index in [9.17, 15) is 14.4 Å². The van der Waals surface area contributed by atoms with Gasteiger partial charge in [0.25, 0.3) is 11.1 Å². The van der Waals surface area contributed by atoms with Crippen LogP contribution in [0.3, 0.4) is 0 Å². The summed E-state index contributed by atoms with van der Waals surface area (Å²) in [5, 5.41) is 2.19. The largest absolute Gasteiger partial charge is 0.489 e. The number of hydrogen-bond acceptors (Lipinski definition) is 7. The molecule has 0 aliphatic carbocycles. The molecule has 0 saturated carbocycles. The van der Waals surface area contributed by atoms with E-state index in [0.29, 0.717) is 48.3 Å². The maximum Gasteiger partial charge on any atom is 0.294 e. The van der Waals surface area contributed by atoms with Gasteiger partial charge in [-0.3, -0.25) is 19.3 Å². The Bertz CT molecular complexity index is 1340. The molecule has 1 fully saturated rings. The Kier molecular flexibility index (Phi) is 6.90. The van der Waals surface area contributed by atoms with Crippen molar-refractivity contribution in [2.75, 3.05) is 25.1 Å². The van der Waals surface area contributed by atoms with Gasteiger partial charge in [-0.2, -0.15) is 0 Å². The van der Waals surface area contributed by atoms with Crippen LogP contribution in [0.2, 0.25) is 0 Å². The SMILES string of the molecule is O=C(CN1C(=O)S/C(=C/c2cccc(OCc3ccccc3)c2)C1=O)Nc1ccc2c(c1)OCCO2. The number of anilines is 1. The number of amides is 3. The molecule has 1 saturated heterocycles. The number of ether oxygens (including phenoxy) is 3. The highest BCUT2D eigenvalue weighted by Crippen LogP contribution is 2.34. The Morgan fingerprint density at radius 3 is 2.61 bits per heavy atom. The zero-order valence-electron chi connectivity index (χ0n) is 19.1. The molecule has 0 unspecified atom stereocenters. The molecule has 3 amide bonds. The fourth-order valence-electron chi connectivity index (χ4n) is 3.69. The number of fused-ring (bicyclic) bond motifs is 1. The lowest BCUT2D eigenvalue weighted by atomic mass is 10.2. The topological polar surface area (TPSA) is 94.2 Å². The third-order valence-electron chi connectivity index (χ3n) is 5.41. The van der Waals surface area contributed by atoms with Gasteiger partial charge in [0, 0.05) is 11.8 Å². The molecule has 3 aromatic carbocycles. The minimum absolute atomic E-state index is 0.243. The van der Waals surface area contributed by atoms with Gasteiger partial charge in [-0.15, -0.1) is 0 Å². The van der Waals surface area contributed by atoms with Crippen molar-refractivity contribution in [1.82, 2.24) is 4.90 Å². The van der Waals surface area contributed by atoms with E-state index in [0.717, 1.165) is 22.2 Å². The van der Waals surface area contributed by atoms with Crippen LogP contribution in [0.1, 0.15) is 11.1 Å². The second-order valence-corrected chi connectivity index (χ2v) is 9.01. The molecular formula is C27H22N2O6S. The minimum atomic E-state index is -0.516. The molecule has 2 heterocycles. The number of nitrogens with zero attached hydrogens (tertiary/aromatic N) is 1. The van der Waals surface area contributed by atoms with Crippen molar-refractivity contribution >= 4 is 40.6 Å². The summed E-state index contributed by atoms with van der Waals surface area (Å²) in [5.41, 5.74) is 2.24. The first-order valence-electron chi connectivity index (χ1n) is 11.3. The third kappa shape index (κ3) is 5.52. The van der Waals surface area contributed by atoms with Crippen molar-refractivity contribution in [3.63, 3.8) is 0 Å². The number of imide groups is 1. The van der Waals surface area contributed by atoms with Crippen molar-refractivity contribution in [3.05, 3.63) is 88.8 Å². The highest BCUT2D eigenvalue weighted by molar-refractivity contribution is 8.18. The maximum absolute atomic E-state index is 12.9. The van der Waals surface area contributed by atoms with Crippen LogP contribution in [-0.4, -0.2) is 41.7 Å². The molecule has 36 heavy (non-hydrogen) atoms. The Morgan fingerprint density at radius 1 is 0.972 bits per heavy atom. The lowest BCUT2D eigenvalue weighted by molar-refractivity contribution is -0.127. The van der Waals surface area contributed by atoms with Crippen molar-refractivity contribution < 1.29 is 28.6 Å². The van der Waals surface area contributed by atoms with Crippen molar-refractivity contribution in [3.8, 4) is 17.2 Å². The number of hydrogen-bond donors (Lipinski definition) is 1. The highest BCUT2D eigenvalue weighted by Gasteiger charge is 2.36. The van der Waals surface area contributed by atoms with Gasteiger partial charge in [0.2, 0.25) is 5.91 Å². The summed E-state index contributed by atoms with van der Waals surface area (Å²) in [4.78, 5) is 39.1. The number of carbonyl (C=O) groups excluding carboxylic acids is 3. The van der Waals surface area contributed by atoms with Crippen LogP contribution in [0, 0.1) is 0 Å². The third-order valence-corrected chi connectivity index (χ3v) is 6.31. The second-order valence-electron chi connectivity index (χ2n) is 8.02. The Balaban J connectivity index is 1.21. The smallest absolute Gasteiger partial charge is 0.294 e. The molecule has 1 N–H and O–H groups in total. The summed E-state index contributed by atoms with van der Waals surface area (Å²) in [6.07, 6.45) is 1.62. The second kappa shape index (κ2) is 10.6. The number of carbonyl (C=O) groups is 3. The zero-order chi connectivity index (χ0) is 24.9. The van der Waals surface area contributed by atoms with E-state index in [1.165, 1.54) is 0 Å². The summed E-state index contributed by atoms with van der Waals surface area (Å²) in [7, 11) is 0. The van der Waals surface area contributed by atoms with Crippen LogP contribution >= 0.6 is 11.8 Å². The van der Waals surface area contributed by atoms with Gasteiger partial charge in [-0.1, -0.05) is 42.5 Å². The van der Waals surface area contributed by atoms with Gasteiger partial charge in [0.05, 0.1) is 4.91 Å². The van der Waals surface area contributed by atoms with Gasteiger partial charge >= 0.3 is 0 Å². The Hall–Kier alpha value is -4.24. The van der Waals surface area contributed by atoms with E-state index in [1.54, 1.807) is 30.3 Å². The lowest BCUT2D eigenvalue weighted by Gasteiger charge is -2.19. The summed E-state index contributed by atoms with van der Waals surface area (Å²) in [6, 6.07) is 22.1. The first-order chi connectivity index (χ1) is 17.5. The zero-order valence-corrected chi connectivity index (χ0v) is 20.0. The first kappa shape index (κ1) is 23.5. The van der Waals surface area contributed by atoms with Crippen LogP contribution in [0.4, 0.5) is 10.5 Å². The quantitative estimate of drug-likeness (QED) is 0.468. The fourth-order valence-corrected chi connectivity index (χ4v) is 4.53. The van der Waals surface area contributed by atoms with Crippen molar-refractivity contribution in [2.45, 2.75) is 6.61 Å². The van der Waals surface area contributed by atoms with E-state index < -0.39 is 23.6 Å². The molecule has 0 radical (unpaired) electrons. The standard InChI is InChI=1S/C27H22N2O6S/c30-25(28-20-9-10-22-23(15-20)34-12-11-33-22)16-29-26(31)24(36-27(29)32)14-19-7-4-8-21(13-19)35-17-18-5-2-1-3-6-18/h1-10,13-15H,11-12,16-17H2,(H,28,30)/b24-14+. The summed E-state index contributed by atoms with van der Waals surface area (Å²) < 4.78 is 16.8. The highest BCUT2D eigenvalue weighted by atomic mass is 32.2. The van der Waals surface area contributed by atoms with Gasteiger partial charge in [-0.05, 0) is 53.2 Å². The maximum atomic E-state index is 12.9. The summed E-state index contributed by atoms with van der Waals surface area (Å²) in [6.45, 7) is 0.919. The van der Waals surface area contributed by atoms with E-state index in [-0.39, 0.29) is 4.91 Å². The molecule has 2 aliphatic heterocycles. The van der Waals surface area contributed by atoms with Crippen molar-refractivity contribution in [1.29, 1.82) is 0 Å². The molecule has 0 aromatic heterocycles. The number of nitrogens with one attached hydrogen (secondary N) is 1. The van der Waals surface area contributed by atoms with E-state index in [2.05, 4.69) is 5.32 Å². The van der Waals surface area contributed by atoms with Crippen LogP contribution in [0.25, 0.3) is 6.08 Å². The molecule has 182 valence electrons. The van der Waals surface area contributed by atoms with Gasteiger partial charge in [0.1, 0.15) is 32.1 Å². The lowest BCUT2D eigenvalue weighted by Crippen LogP contribution is -2.36. The molecule has 8 nitrogen and oxygen atoms in total. The first-order valence-corrected chi connectivity index (χ1v) is 12.1. The Labute approximate surface area is 211 Å². The van der Waals surface area contributed by atoms with E-state index in [4.69, 9.17) is 14.2 Å². The average molecular weight is 503 g/mol. The molecule has 9 heteroatoms. The molecule has 0 bridgehead atoms. The normalized spacial score (nSPS) is 15.8. The van der Waals surface area contributed by atoms with Crippen LogP contribution in [-0.2, 0) is 16.2 Å². The fraction of sp³-hybridized carbons (Fsp3) is 0.148. The van der Waals surface area contributed by atoms with Crippen LogP contribution in [0.5, 0.6) is 17.2 Å². The predicted molar refractivity (Wildman–Crippen MR) is 136 cm³/mol. The molecule has 3 aromatic rings. The van der Waals surface area contributed by atoms with E-state index >= 15 is 0 Å². The number of thioether (sulfide) groups is 1. The van der Waals surface area contributed by atoms with Crippen LogP contribution < -0.4 is 19.5 Å².